The molecule has 1 unspecified atom stereocenters. The second kappa shape index (κ2) is 8.63. The number of aryl methyl sites for hydroxylation is 2. The van der Waals surface area contributed by atoms with Gasteiger partial charge in [-0.25, -0.2) is 4.39 Å². The van der Waals surface area contributed by atoms with Crippen molar-refractivity contribution in [3.63, 3.8) is 0 Å². The number of carbonyl (C=O) groups excluding carboxylic acids is 2. The fourth-order valence-electron chi connectivity index (χ4n) is 5.66. The van der Waals surface area contributed by atoms with Gasteiger partial charge < -0.3 is 19.0 Å². The highest BCUT2D eigenvalue weighted by atomic mass is 19.1. The molecule has 0 aliphatic carbocycles. The van der Waals surface area contributed by atoms with Crippen molar-refractivity contribution in [3.05, 3.63) is 110 Å². The van der Waals surface area contributed by atoms with E-state index >= 15 is 0 Å². The Hall–Kier alpha value is -4.30. The van der Waals surface area contributed by atoms with E-state index in [2.05, 4.69) is 0 Å². The van der Waals surface area contributed by atoms with E-state index in [9.17, 15) is 18.8 Å². The molecule has 0 radical (unpaired) electrons. The molecule has 0 N–H and O–H groups in total. The summed E-state index contributed by atoms with van der Waals surface area (Å²) in [6.07, 6.45) is 0. The third kappa shape index (κ3) is 3.20. The second-order valence-electron chi connectivity index (χ2n) is 9.76. The van der Waals surface area contributed by atoms with Crippen LogP contribution < -0.4 is 10.3 Å². The molecule has 0 bridgehead atoms. The number of methoxy groups -OCH3 is 1. The average molecular weight is 513 g/mol. The molecule has 2 amide bonds. The first kappa shape index (κ1) is 24.1. The zero-order valence-electron chi connectivity index (χ0n) is 21.2. The first-order chi connectivity index (χ1) is 18.3. The summed E-state index contributed by atoms with van der Waals surface area (Å²) in [5, 5.41) is 0.315. The van der Waals surface area contributed by atoms with Crippen molar-refractivity contribution >= 4 is 28.5 Å². The van der Waals surface area contributed by atoms with Gasteiger partial charge in [-0.3, -0.25) is 14.4 Å². The van der Waals surface area contributed by atoms with Gasteiger partial charge in [0.25, 0.3) is 11.8 Å². The topological polar surface area (TPSA) is 80.1 Å². The van der Waals surface area contributed by atoms with Gasteiger partial charge in [0.1, 0.15) is 11.4 Å². The highest BCUT2D eigenvalue weighted by Gasteiger charge is 2.64. The van der Waals surface area contributed by atoms with Crippen molar-refractivity contribution in [2.45, 2.75) is 25.9 Å². The van der Waals surface area contributed by atoms with Gasteiger partial charge >= 0.3 is 0 Å². The predicted octanol–water partition coefficient (Wildman–Crippen LogP) is 4.44. The summed E-state index contributed by atoms with van der Waals surface area (Å²) in [4.78, 5) is 45.6. The molecule has 0 saturated heterocycles. The Labute approximate surface area is 218 Å². The molecule has 8 heteroatoms. The van der Waals surface area contributed by atoms with Crippen molar-refractivity contribution < 1.29 is 23.1 Å². The van der Waals surface area contributed by atoms with Crippen LogP contribution in [0, 0.1) is 19.7 Å². The smallest absolute Gasteiger partial charge is 0.291 e. The van der Waals surface area contributed by atoms with Crippen molar-refractivity contribution in [3.8, 4) is 0 Å². The average Bonchev–Trinajstić information content (AvgIpc) is 3.30. The molecular weight excluding hydrogens is 487 g/mol. The molecule has 0 saturated carbocycles. The molecule has 0 fully saturated rings. The summed E-state index contributed by atoms with van der Waals surface area (Å²) in [5.74, 6) is -1.49. The molecule has 4 aromatic rings. The molecule has 6 rings (SSSR count). The van der Waals surface area contributed by atoms with Crippen LogP contribution >= 0.6 is 0 Å². The lowest BCUT2D eigenvalue weighted by atomic mass is 9.84. The van der Waals surface area contributed by atoms with Crippen molar-refractivity contribution in [1.82, 2.24) is 4.90 Å². The monoisotopic (exact) mass is 512 g/mol. The second-order valence-corrected chi connectivity index (χ2v) is 9.76. The predicted molar refractivity (Wildman–Crippen MR) is 140 cm³/mol. The lowest BCUT2D eigenvalue weighted by Gasteiger charge is -2.34. The minimum atomic E-state index is -1.71. The molecule has 2 aliphatic rings. The number of ether oxygens (including phenoxy) is 1. The molecule has 1 spiro atoms. The molecule has 7 nitrogen and oxygen atoms in total. The number of hydrogen-bond acceptors (Lipinski definition) is 5. The van der Waals surface area contributed by atoms with Crippen LogP contribution in [0.5, 0.6) is 0 Å². The molecule has 1 aromatic heterocycles. The quantitative estimate of drug-likeness (QED) is 0.395. The van der Waals surface area contributed by atoms with Crippen molar-refractivity contribution in [2.24, 2.45) is 0 Å². The minimum absolute atomic E-state index is 0.0217. The number of halogens is 1. The van der Waals surface area contributed by atoms with Crippen LogP contribution in [0.3, 0.4) is 0 Å². The van der Waals surface area contributed by atoms with E-state index in [0.29, 0.717) is 27.8 Å². The maximum absolute atomic E-state index is 14.6. The highest BCUT2D eigenvalue weighted by molar-refractivity contribution is 6.17. The first-order valence-corrected chi connectivity index (χ1v) is 12.3. The number of rotatable bonds is 5. The van der Waals surface area contributed by atoms with E-state index in [1.54, 1.807) is 53.4 Å². The van der Waals surface area contributed by atoms with Crippen LogP contribution in [-0.2, 0) is 21.6 Å². The van der Waals surface area contributed by atoms with Crippen LogP contribution in [0.1, 0.15) is 38.4 Å². The molecular formula is C30H25FN2O5. The summed E-state index contributed by atoms with van der Waals surface area (Å²) in [6.45, 7) is 4.16. The zero-order valence-corrected chi connectivity index (χ0v) is 21.2. The normalized spacial score (nSPS) is 18.1. The largest absolute Gasteiger partial charge is 0.450 e. The Bertz CT molecular complexity index is 1690. The van der Waals surface area contributed by atoms with Gasteiger partial charge in [-0.05, 0) is 60.9 Å². The fourth-order valence-corrected chi connectivity index (χ4v) is 5.66. The standard InChI is InChI=1S/C30H25FN2O5/c1-17-14-21-24(15-18(17)2)38-27-25(26(21)34)30(33(28(27)35)12-13-37-3)22-6-4-5-7-23(22)32(29(30)36)16-19-8-10-20(31)11-9-19/h4-11,14-15H,12-13,16H2,1-3H3. The molecule has 1 atom stereocenters. The Morgan fingerprint density at radius 1 is 0.974 bits per heavy atom. The summed E-state index contributed by atoms with van der Waals surface area (Å²) < 4.78 is 25.0. The molecule has 3 heterocycles. The van der Waals surface area contributed by atoms with E-state index in [-0.39, 0.29) is 36.8 Å². The number of nitrogens with zero attached hydrogens (tertiary/aromatic N) is 2. The Morgan fingerprint density at radius 3 is 2.42 bits per heavy atom. The number of fused-ring (bicyclic) bond motifs is 5. The number of amides is 2. The molecule has 38 heavy (non-hydrogen) atoms. The van der Waals surface area contributed by atoms with Gasteiger partial charge in [0.15, 0.2) is 11.0 Å². The first-order valence-electron chi connectivity index (χ1n) is 12.3. The maximum Gasteiger partial charge on any atom is 0.291 e. The van der Waals surface area contributed by atoms with E-state index in [1.807, 2.05) is 13.8 Å². The van der Waals surface area contributed by atoms with Gasteiger partial charge in [0.2, 0.25) is 5.76 Å². The number of para-hydroxylation sites is 1. The van der Waals surface area contributed by atoms with Gasteiger partial charge in [0, 0.05) is 19.2 Å². The summed E-state index contributed by atoms with van der Waals surface area (Å²) in [6, 6.07) is 16.5. The Kier molecular flexibility index (Phi) is 5.47. The fraction of sp³-hybridized carbons (Fsp3) is 0.233. The third-order valence-electron chi connectivity index (χ3n) is 7.63. The lowest BCUT2D eigenvalue weighted by Crippen LogP contribution is -2.54. The van der Waals surface area contributed by atoms with E-state index < -0.39 is 22.8 Å². The van der Waals surface area contributed by atoms with Gasteiger partial charge in [0.05, 0.1) is 29.8 Å². The summed E-state index contributed by atoms with van der Waals surface area (Å²) >= 11 is 0. The third-order valence-corrected chi connectivity index (χ3v) is 7.63. The Balaban J connectivity index is 1.64. The van der Waals surface area contributed by atoms with Crippen molar-refractivity contribution in [1.29, 1.82) is 0 Å². The van der Waals surface area contributed by atoms with Crippen molar-refractivity contribution in [2.75, 3.05) is 25.2 Å². The number of hydrogen-bond donors (Lipinski definition) is 0. The molecule has 3 aromatic carbocycles. The van der Waals surface area contributed by atoms with Crippen LogP contribution in [0.15, 0.2) is 69.9 Å². The van der Waals surface area contributed by atoms with Crippen LogP contribution in [0.4, 0.5) is 10.1 Å². The minimum Gasteiger partial charge on any atom is -0.450 e. The van der Waals surface area contributed by atoms with Crippen LogP contribution in [0.2, 0.25) is 0 Å². The van der Waals surface area contributed by atoms with Crippen LogP contribution in [0.25, 0.3) is 11.0 Å². The van der Waals surface area contributed by atoms with E-state index in [4.69, 9.17) is 9.15 Å². The van der Waals surface area contributed by atoms with Gasteiger partial charge in [-0.2, -0.15) is 0 Å². The summed E-state index contributed by atoms with van der Waals surface area (Å²) in [5.41, 5.74) is 1.81. The zero-order chi connectivity index (χ0) is 26.8. The van der Waals surface area contributed by atoms with E-state index in [1.165, 1.54) is 24.1 Å². The SMILES string of the molecule is COCCN1C(=O)c2oc3cc(C)c(C)cc3c(=O)c2C12C(=O)N(Cc1ccc(F)cc1)c1ccccc12. The van der Waals surface area contributed by atoms with Crippen LogP contribution in [-0.4, -0.2) is 37.0 Å². The van der Waals surface area contributed by atoms with Gasteiger partial charge in [-0.1, -0.05) is 30.3 Å². The number of benzene rings is 3. The molecule has 192 valence electrons. The summed E-state index contributed by atoms with van der Waals surface area (Å²) in [7, 11) is 1.51. The van der Waals surface area contributed by atoms with E-state index in [0.717, 1.165) is 11.1 Å². The number of anilines is 1. The lowest BCUT2D eigenvalue weighted by molar-refractivity contribution is -0.126. The number of carbonyl (C=O) groups is 2. The maximum atomic E-state index is 14.6. The van der Waals surface area contributed by atoms with Gasteiger partial charge in [-0.15, -0.1) is 0 Å². The highest BCUT2D eigenvalue weighted by Crippen LogP contribution is 2.52. The Morgan fingerprint density at radius 2 is 1.68 bits per heavy atom. The molecule has 2 aliphatic heterocycles.